The van der Waals surface area contributed by atoms with Gasteiger partial charge in [0.2, 0.25) is 5.91 Å². The summed E-state index contributed by atoms with van der Waals surface area (Å²) in [5.41, 5.74) is 4.24. The number of amides is 1. The quantitative estimate of drug-likeness (QED) is 0.886. The topological polar surface area (TPSA) is 57.3 Å². The summed E-state index contributed by atoms with van der Waals surface area (Å²) in [5.74, 6) is -0.0446. The lowest BCUT2D eigenvalue weighted by atomic mass is 10.0. The summed E-state index contributed by atoms with van der Waals surface area (Å²) in [6, 6.07) is 6.46. The van der Waals surface area contributed by atoms with E-state index < -0.39 is 0 Å². The molecule has 0 spiro atoms. The fourth-order valence-corrected chi connectivity index (χ4v) is 3.84. The molecule has 1 saturated heterocycles. The van der Waals surface area contributed by atoms with E-state index in [-0.39, 0.29) is 5.91 Å². The van der Waals surface area contributed by atoms with Crippen LogP contribution in [0.4, 0.5) is 16.5 Å². The number of carbonyl (C=O) groups is 1. The zero-order valence-corrected chi connectivity index (χ0v) is 15.2. The molecule has 0 atom stereocenters. The molecule has 2 N–H and O–H groups in total. The van der Waals surface area contributed by atoms with Gasteiger partial charge in [-0.2, -0.15) is 0 Å². The number of anilines is 3. The largest absolute Gasteiger partial charge is 0.382 e. The van der Waals surface area contributed by atoms with Gasteiger partial charge in [0.1, 0.15) is 0 Å². The summed E-state index contributed by atoms with van der Waals surface area (Å²) in [6.07, 6.45) is 2.17. The summed E-state index contributed by atoms with van der Waals surface area (Å²) in [6.45, 7) is 7.71. The molecule has 0 radical (unpaired) electrons. The first-order valence-electron chi connectivity index (χ1n) is 8.33. The van der Waals surface area contributed by atoms with Crippen molar-refractivity contribution in [2.75, 3.05) is 28.6 Å². The summed E-state index contributed by atoms with van der Waals surface area (Å²) in [4.78, 5) is 18.2. The number of piperidine rings is 1. The fraction of sp³-hybridized carbons (Fsp3) is 0.444. The highest BCUT2D eigenvalue weighted by atomic mass is 32.1. The number of aryl methyl sites for hydroxylation is 2. The maximum Gasteiger partial charge on any atom is 0.221 e. The second-order valence-electron chi connectivity index (χ2n) is 6.39. The molecule has 2 heterocycles. The van der Waals surface area contributed by atoms with Gasteiger partial charge in [-0.05, 0) is 44.4 Å². The van der Waals surface area contributed by atoms with E-state index >= 15 is 0 Å². The van der Waals surface area contributed by atoms with Crippen LogP contribution in [0.2, 0.25) is 0 Å². The number of benzene rings is 1. The van der Waals surface area contributed by atoms with Crippen LogP contribution in [-0.2, 0) is 4.79 Å². The molecule has 3 rings (SSSR count). The van der Waals surface area contributed by atoms with Crippen LogP contribution in [0.1, 0.15) is 31.0 Å². The van der Waals surface area contributed by atoms with Crippen molar-refractivity contribution in [1.29, 1.82) is 0 Å². The monoisotopic (exact) mass is 344 g/mol. The Bertz CT molecular complexity index is 720. The third-order valence-corrected chi connectivity index (χ3v) is 5.31. The van der Waals surface area contributed by atoms with E-state index in [9.17, 15) is 4.79 Å². The number of rotatable bonds is 4. The minimum absolute atomic E-state index is 0.0446. The van der Waals surface area contributed by atoms with Crippen LogP contribution in [0.3, 0.4) is 0 Å². The highest BCUT2D eigenvalue weighted by Crippen LogP contribution is 2.27. The van der Waals surface area contributed by atoms with Crippen molar-refractivity contribution in [3.63, 3.8) is 0 Å². The van der Waals surface area contributed by atoms with E-state index in [1.54, 1.807) is 11.3 Å². The van der Waals surface area contributed by atoms with Crippen LogP contribution >= 0.6 is 11.3 Å². The molecule has 1 aliphatic rings. The molecule has 5 nitrogen and oxygen atoms in total. The van der Waals surface area contributed by atoms with Gasteiger partial charge in [-0.15, -0.1) is 11.3 Å². The lowest BCUT2D eigenvalue weighted by Gasteiger charge is -2.33. The number of hydrogen-bond donors (Lipinski definition) is 2. The summed E-state index contributed by atoms with van der Waals surface area (Å²) in [5, 5.41) is 9.73. The molecule has 2 aromatic rings. The minimum Gasteiger partial charge on any atom is -0.382 e. The Hall–Kier alpha value is -2.08. The van der Waals surface area contributed by atoms with E-state index in [1.165, 1.54) is 12.5 Å². The number of aromatic nitrogens is 1. The SMILES string of the molecule is CC(=O)Nc1ccc(C)c(NC2CCN(c3nc(C)cs3)CC2)c1. The molecular weight excluding hydrogens is 320 g/mol. The van der Waals surface area contributed by atoms with Crippen molar-refractivity contribution in [2.24, 2.45) is 0 Å². The summed E-state index contributed by atoms with van der Waals surface area (Å²) < 4.78 is 0. The lowest BCUT2D eigenvalue weighted by molar-refractivity contribution is -0.114. The summed E-state index contributed by atoms with van der Waals surface area (Å²) in [7, 11) is 0. The molecule has 0 unspecified atom stereocenters. The van der Waals surface area contributed by atoms with Gasteiger partial charge in [-0.25, -0.2) is 4.98 Å². The molecule has 1 fully saturated rings. The minimum atomic E-state index is -0.0446. The van der Waals surface area contributed by atoms with Crippen molar-refractivity contribution < 1.29 is 4.79 Å². The number of nitrogens with one attached hydrogen (secondary N) is 2. The molecule has 1 aromatic carbocycles. The van der Waals surface area contributed by atoms with Crippen LogP contribution < -0.4 is 15.5 Å². The van der Waals surface area contributed by atoms with E-state index in [0.29, 0.717) is 6.04 Å². The Morgan fingerprint density at radius 1 is 1.29 bits per heavy atom. The Morgan fingerprint density at radius 3 is 2.67 bits per heavy atom. The first kappa shape index (κ1) is 16.8. The van der Waals surface area contributed by atoms with Crippen LogP contribution in [0, 0.1) is 13.8 Å². The van der Waals surface area contributed by atoms with Gasteiger partial charge in [0, 0.05) is 42.8 Å². The molecular formula is C18H24N4OS. The number of nitrogens with zero attached hydrogens (tertiary/aromatic N) is 2. The molecule has 6 heteroatoms. The predicted octanol–water partition coefficient (Wildman–Crippen LogP) is 3.80. The Kier molecular flexibility index (Phi) is 5.04. The van der Waals surface area contributed by atoms with Crippen LogP contribution in [0.15, 0.2) is 23.6 Å². The lowest BCUT2D eigenvalue weighted by Crippen LogP contribution is -2.39. The first-order chi connectivity index (χ1) is 11.5. The maximum absolute atomic E-state index is 11.2. The van der Waals surface area contributed by atoms with Crippen molar-refractivity contribution >= 4 is 33.8 Å². The van der Waals surface area contributed by atoms with Crippen LogP contribution in [-0.4, -0.2) is 30.0 Å². The smallest absolute Gasteiger partial charge is 0.221 e. The zero-order valence-electron chi connectivity index (χ0n) is 14.4. The van der Waals surface area contributed by atoms with E-state index in [2.05, 4.69) is 32.8 Å². The standard InChI is InChI=1S/C18H24N4OS/c1-12-4-5-16(20-14(3)23)10-17(12)21-15-6-8-22(9-7-15)18-19-13(2)11-24-18/h4-5,10-11,15,21H,6-9H2,1-3H3,(H,20,23). The molecule has 1 aromatic heterocycles. The fourth-order valence-electron chi connectivity index (χ4n) is 2.98. The Balaban J connectivity index is 1.60. The average Bonchev–Trinajstić information content (AvgIpc) is 2.97. The number of thiazole rings is 1. The number of hydrogen-bond acceptors (Lipinski definition) is 5. The highest BCUT2D eigenvalue weighted by molar-refractivity contribution is 7.13. The second-order valence-corrected chi connectivity index (χ2v) is 7.22. The van der Waals surface area contributed by atoms with E-state index in [0.717, 1.165) is 48.1 Å². The van der Waals surface area contributed by atoms with Gasteiger partial charge in [0.15, 0.2) is 5.13 Å². The van der Waals surface area contributed by atoms with E-state index in [4.69, 9.17) is 0 Å². The van der Waals surface area contributed by atoms with Crippen molar-refractivity contribution in [3.05, 3.63) is 34.8 Å². The van der Waals surface area contributed by atoms with E-state index in [1.807, 2.05) is 25.1 Å². The van der Waals surface area contributed by atoms with Crippen molar-refractivity contribution in [3.8, 4) is 0 Å². The third kappa shape index (κ3) is 4.06. The molecule has 128 valence electrons. The third-order valence-electron chi connectivity index (χ3n) is 4.29. The Morgan fingerprint density at radius 2 is 2.04 bits per heavy atom. The van der Waals surface area contributed by atoms with Gasteiger partial charge < -0.3 is 15.5 Å². The molecule has 24 heavy (non-hydrogen) atoms. The molecule has 0 bridgehead atoms. The zero-order chi connectivity index (χ0) is 17.1. The van der Waals surface area contributed by atoms with Gasteiger partial charge >= 0.3 is 0 Å². The van der Waals surface area contributed by atoms with Crippen molar-refractivity contribution in [2.45, 2.75) is 39.7 Å². The normalized spacial score (nSPS) is 15.4. The van der Waals surface area contributed by atoms with Gasteiger partial charge in [0.25, 0.3) is 0 Å². The van der Waals surface area contributed by atoms with Gasteiger partial charge in [-0.1, -0.05) is 6.07 Å². The summed E-state index contributed by atoms with van der Waals surface area (Å²) >= 11 is 1.73. The molecule has 0 saturated carbocycles. The van der Waals surface area contributed by atoms with Gasteiger partial charge in [0.05, 0.1) is 5.69 Å². The molecule has 1 amide bonds. The molecule has 0 aliphatic carbocycles. The molecule has 1 aliphatic heterocycles. The van der Waals surface area contributed by atoms with Crippen LogP contribution in [0.5, 0.6) is 0 Å². The maximum atomic E-state index is 11.2. The Labute approximate surface area is 147 Å². The van der Waals surface area contributed by atoms with Crippen LogP contribution in [0.25, 0.3) is 0 Å². The first-order valence-corrected chi connectivity index (χ1v) is 9.21. The highest BCUT2D eigenvalue weighted by Gasteiger charge is 2.21. The number of carbonyl (C=O) groups excluding carboxylic acids is 1. The average molecular weight is 344 g/mol. The second kappa shape index (κ2) is 7.21. The van der Waals surface area contributed by atoms with Crippen molar-refractivity contribution in [1.82, 2.24) is 4.98 Å². The van der Waals surface area contributed by atoms with Gasteiger partial charge in [-0.3, -0.25) is 4.79 Å². The predicted molar refractivity (Wildman–Crippen MR) is 101 cm³/mol.